The molecule has 2 aromatic rings. The highest BCUT2D eigenvalue weighted by Gasteiger charge is 2.04. The molecule has 5 nitrogen and oxygen atoms in total. The predicted octanol–water partition coefficient (Wildman–Crippen LogP) is 3.49. The monoisotopic (exact) mass is 316 g/mol. The summed E-state index contributed by atoms with van der Waals surface area (Å²) in [6.45, 7) is 1.33. The van der Waals surface area contributed by atoms with Crippen LogP contribution in [0.2, 0.25) is 0 Å². The van der Waals surface area contributed by atoms with E-state index < -0.39 is 0 Å². The molecule has 0 saturated carbocycles. The third-order valence-corrected chi connectivity index (χ3v) is 3.38. The molecule has 0 aliphatic carbocycles. The molecule has 2 aromatic carbocycles. The summed E-state index contributed by atoms with van der Waals surface area (Å²) in [5.41, 5.74) is 12.7. The van der Waals surface area contributed by atoms with Crippen LogP contribution in [-0.4, -0.2) is 20.3 Å². The highest BCUT2D eigenvalue weighted by molar-refractivity contribution is 5.51. The Morgan fingerprint density at radius 1 is 0.739 bits per heavy atom. The molecular weight excluding hydrogens is 292 g/mol. The molecule has 2 rings (SSSR count). The van der Waals surface area contributed by atoms with Gasteiger partial charge in [-0.15, -0.1) is 0 Å². The summed E-state index contributed by atoms with van der Waals surface area (Å²) >= 11 is 0. The van der Waals surface area contributed by atoms with Gasteiger partial charge in [0.2, 0.25) is 0 Å². The molecule has 0 saturated heterocycles. The Morgan fingerprint density at radius 2 is 1.39 bits per heavy atom. The van der Waals surface area contributed by atoms with Crippen LogP contribution in [0.1, 0.15) is 19.3 Å². The van der Waals surface area contributed by atoms with Gasteiger partial charge in [-0.1, -0.05) is 0 Å². The lowest BCUT2D eigenvalue weighted by Gasteiger charge is -2.11. The fraction of sp³-hybridized carbons (Fsp3) is 0.333. The van der Waals surface area contributed by atoms with Crippen LogP contribution in [0.25, 0.3) is 0 Å². The third kappa shape index (κ3) is 5.62. The summed E-state index contributed by atoms with van der Waals surface area (Å²) < 4.78 is 16.6. The maximum atomic E-state index is 5.73. The van der Waals surface area contributed by atoms with Crippen LogP contribution >= 0.6 is 0 Å². The van der Waals surface area contributed by atoms with Crippen LogP contribution in [0, 0.1) is 0 Å². The van der Waals surface area contributed by atoms with Crippen molar-refractivity contribution in [1.29, 1.82) is 0 Å². The molecule has 0 fully saturated rings. The van der Waals surface area contributed by atoms with Gasteiger partial charge in [-0.3, -0.25) is 0 Å². The molecule has 0 unspecified atom stereocenters. The number of hydrogen-bond donors (Lipinski definition) is 2. The summed E-state index contributed by atoms with van der Waals surface area (Å²) in [6.07, 6.45) is 2.97. The molecule has 0 aliphatic rings. The van der Waals surface area contributed by atoms with Crippen molar-refractivity contribution in [3.8, 4) is 17.2 Å². The van der Waals surface area contributed by atoms with E-state index in [0.717, 1.165) is 36.4 Å². The first-order chi connectivity index (χ1) is 11.2. The summed E-state index contributed by atoms with van der Waals surface area (Å²) in [4.78, 5) is 0. The minimum atomic E-state index is 0.641. The van der Waals surface area contributed by atoms with Gasteiger partial charge in [0.05, 0.1) is 20.3 Å². The van der Waals surface area contributed by atoms with Gasteiger partial charge in [0.1, 0.15) is 5.75 Å². The molecule has 0 bridgehead atoms. The molecule has 23 heavy (non-hydrogen) atoms. The first-order valence-corrected chi connectivity index (χ1v) is 7.73. The maximum absolute atomic E-state index is 5.73. The van der Waals surface area contributed by atoms with Crippen molar-refractivity contribution in [1.82, 2.24) is 0 Å². The van der Waals surface area contributed by atoms with Gasteiger partial charge in [-0.05, 0) is 55.7 Å². The second-order valence-electron chi connectivity index (χ2n) is 5.24. The highest BCUT2D eigenvalue weighted by Crippen LogP contribution is 2.29. The Labute approximate surface area is 137 Å². The lowest BCUT2D eigenvalue weighted by atomic mass is 10.2. The largest absolute Gasteiger partial charge is 0.494 e. The van der Waals surface area contributed by atoms with Gasteiger partial charge < -0.3 is 25.7 Å². The van der Waals surface area contributed by atoms with Crippen LogP contribution < -0.4 is 25.7 Å². The van der Waals surface area contributed by atoms with E-state index in [-0.39, 0.29) is 0 Å². The molecule has 0 atom stereocenters. The van der Waals surface area contributed by atoms with Crippen molar-refractivity contribution in [3.05, 3.63) is 42.5 Å². The maximum Gasteiger partial charge on any atom is 0.162 e. The quantitative estimate of drug-likeness (QED) is 0.547. The van der Waals surface area contributed by atoms with Crippen molar-refractivity contribution in [2.24, 2.45) is 0 Å². The molecule has 0 radical (unpaired) electrons. The molecule has 0 amide bonds. The Bertz CT molecular complexity index is 600. The van der Waals surface area contributed by atoms with Gasteiger partial charge in [0, 0.05) is 17.4 Å². The number of nitrogens with two attached hydrogens (primary N) is 2. The second kappa shape index (κ2) is 8.78. The standard InChI is InChI=1S/C18H24N2O3/c1-21-18-13-15(20)7-10-17(18)23-12-4-2-3-11-22-16-8-5-14(19)6-9-16/h5-10,13H,2-4,11-12,19-20H2,1H3. The summed E-state index contributed by atoms with van der Waals surface area (Å²) in [6, 6.07) is 12.8. The summed E-state index contributed by atoms with van der Waals surface area (Å²) in [5.74, 6) is 2.23. The van der Waals surface area contributed by atoms with E-state index in [2.05, 4.69) is 0 Å². The van der Waals surface area contributed by atoms with Crippen molar-refractivity contribution < 1.29 is 14.2 Å². The lowest BCUT2D eigenvalue weighted by molar-refractivity contribution is 0.270. The van der Waals surface area contributed by atoms with Crippen molar-refractivity contribution in [3.63, 3.8) is 0 Å². The van der Waals surface area contributed by atoms with Gasteiger partial charge in [0.25, 0.3) is 0 Å². The number of methoxy groups -OCH3 is 1. The number of benzene rings is 2. The topological polar surface area (TPSA) is 79.7 Å². The van der Waals surface area contributed by atoms with Gasteiger partial charge in [0.15, 0.2) is 11.5 Å². The van der Waals surface area contributed by atoms with Gasteiger partial charge in [-0.2, -0.15) is 0 Å². The van der Waals surface area contributed by atoms with Crippen LogP contribution in [0.5, 0.6) is 17.2 Å². The van der Waals surface area contributed by atoms with E-state index >= 15 is 0 Å². The van der Waals surface area contributed by atoms with E-state index in [9.17, 15) is 0 Å². The smallest absolute Gasteiger partial charge is 0.162 e. The first-order valence-electron chi connectivity index (χ1n) is 7.73. The van der Waals surface area contributed by atoms with Crippen LogP contribution in [0.15, 0.2) is 42.5 Å². The molecule has 5 heteroatoms. The fourth-order valence-corrected chi connectivity index (χ4v) is 2.12. The average Bonchev–Trinajstić information content (AvgIpc) is 2.56. The molecule has 0 heterocycles. The fourth-order valence-electron chi connectivity index (χ4n) is 2.12. The second-order valence-corrected chi connectivity index (χ2v) is 5.24. The Morgan fingerprint density at radius 3 is 2.09 bits per heavy atom. The lowest BCUT2D eigenvalue weighted by Crippen LogP contribution is -2.02. The molecule has 124 valence electrons. The average molecular weight is 316 g/mol. The van der Waals surface area contributed by atoms with Crippen LogP contribution in [-0.2, 0) is 0 Å². The van der Waals surface area contributed by atoms with E-state index in [4.69, 9.17) is 25.7 Å². The Kier molecular flexibility index (Phi) is 6.41. The number of ether oxygens (including phenoxy) is 3. The van der Waals surface area contributed by atoms with Gasteiger partial charge in [-0.25, -0.2) is 0 Å². The third-order valence-electron chi connectivity index (χ3n) is 3.38. The summed E-state index contributed by atoms with van der Waals surface area (Å²) in [7, 11) is 1.61. The zero-order valence-electron chi connectivity index (χ0n) is 13.5. The van der Waals surface area contributed by atoms with Crippen molar-refractivity contribution >= 4 is 11.4 Å². The van der Waals surface area contributed by atoms with E-state index in [0.29, 0.717) is 24.7 Å². The Balaban J connectivity index is 1.60. The molecule has 0 aromatic heterocycles. The van der Waals surface area contributed by atoms with Crippen molar-refractivity contribution in [2.75, 3.05) is 31.8 Å². The number of anilines is 2. The van der Waals surface area contributed by atoms with E-state index in [1.807, 2.05) is 30.3 Å². The molecule has 0 spiro atoms. The minimum Gasteiger partial charge on any atom is -0.494 e. The predicted molar refractivity (Wildman–Crippen MR) is 93.1 cm³/mol. The van der Waals surface area contributed by atoms with E-state index in [1.54, 1.807) is 19.2 Å². The number of hydrogen-bond acceptors (Lipinski definition) is 5. The molecular formula is C18H24N2O3. The van der Waals surface area contributed by atoms with Crippen molar-refractivity contribution in [2.45, 2.75) is 19.3 Å². The van der Waals surface area contributed by atoms with Crippen LogP contribution in [0.3, 0.4) is 0 Å². The summed E-state index contributed by atoms with van der Waals surface area (Å²) in [5, 5.41) is 0. The highest BCUT2D eigenvalue weighted by atomic mass is 16.5. The normalized spacial score (nSPS) is 10.3. The zero-order valence-corrected chi connectivity index (χ0v) is 13.5. The van der Waals surface area contributed by atoms with Gasteiger partial charge >= 0.3 is 0 Å². The first kappa shape index (κ1) is 16.8. The van der Waals surface area contributed by atoms with Crippen LogP contribution in [0.4, 0.5) is 11.4 Å². The minimum absolute atomic E-state index is 0.641. The Hall–Kier alpha value is -2.56. The molecule has 4 N–H and O–H groups in total. The molecule has 0 aliphatic heterocycles. The number of nitrogen functional groups attached to an aromatic ring is 2. The van der Waals surface area contributed by atoms with E-state index in [1.165, 1.54) is 0 Å². The zero-order chi connectivity index (χ0) is 16.5. The SMILES string of the molecule is COc1cc(N)ccc1OCCCCCOc1ccc(N)cc1. The number of rotatable bonds is 9. The number of unbranched alkanes of at least 4 members (excludes halogenated alkanes) is 2.